The maximum Gasteiger partial charge on any atom is 0.334 e. The fourth-order valence-corrected chi connectivity index (χ4v) is 3.06. The van der Waals surface area contributed by atoms with E-state index < -0.39 is 16.1 Å². The largest absolute Gasteiger partial charge is 0.394 e. The molecule has 2 aromatic rings. The van der Waals surface area contributed by atoms with Crippen molar-refractivity contribution in [1.29, 1.82) is 5.26 Å². The Kier molecular flexibility index (Phi) is 5.63. The minimum absolute atomic E-state index is 0.00199. The molecule has 0 aliphatic heterocycles. The van der Waals surface area contributed by atoms with Crippen molar-refractivity contribution < 1.29 is 18.3 Å². The first-order valence-corrected chi connectivity index (χ1v) is 8.82. The number of anilines is 1. The van der Waals surface area contributed by atoms with E-state index in [0.29, 0.717) is 10.7 Å². The lowest BCUT2D eigenvalue weighted by Gasteiger charge is -2.10. The molecule has 1 heterocycles. The first-order valence-electron chi connectivity index (χ1n) is 6.96. The molecule has 0 saturated heterocycles. The van der Waals surface area contributed by atoms with Gasteiger partial charge in [0.1, 0.15) is 11.6 Å². The quantitative estimate of drug-likeness (QED) is 0.709. The molecule has 25 heavy (non-hydrogen) atoms. The summed E-state index contributed by atoms with van der Waals surface area (Å²) < 4.78 is 27.4. The third kappa shape index (κ3) is 4.27. The highest BCUT2D eigenvalue weighted by atomic mass is 35.5. The average Bonchev–Trinajstić information content (AvgIpc) is 2.82. The molecule has 11 heteroatoms. The minimum atomic E-state index is -4.12. The van der Waals surface area contributed by atoms with E-state index in [9.17, 15) is 13.2 Å². The molecule has 2 rings (SSSR count). The number of amides is 2. The Morgan fingerprint density at radius 1 is 1.40 bits per heavy atom. The van der Waals surface area contributed by atoms with Crippen molar-refractivity contribution in [1.82, 2.24) is 14.5 Å². The number of nitriles is 1. The predicted molar refractivity (Wildman–Crippen MR) is 89.6 cm³/mol. The summed E-state index contributed by atoms with van der Waals surface area (Å²) >= 11 is 5.70. The number of aromatic nitrogens is 2. The predicted octanol–water partition coefficient (Wildman–Crippen LogP) is 1.22. The number of aliphatic hydroxyl groups excluding tert-OH is 1. The lowest BCUT2D eigenvalue weighted by molar-refractivity contribution is 0.255. The lowest BCUT2D eigenvalue weighted by Crippen LogP contribution is -2.35. The molecule has 0 fully saturated rings. The van der Waals surface area contributed by atoms with Gasteiger partial charge in [0.05, 0.1) is 23.7 Å². The SMILES string of the molecule is Cc1nn(CCO)c(NC(=O)NS(=O)(=O)c2ccc(Cl)cc2)c1C#N. The van der Waals surface area contributed by atoms with Crippen LogP contribution in [0.25, 0.3) is 0 Å². The van der Waals surface area contributed by atoms with Crippen LogP contribution in [0, 0.1) is 18.3 Å². The van der Waals surface area contributed by atoms with Crippen LogP contribution in [0.15, 0.2) is 29.2 Å². The van der Waals surface area contributed by atoms with Gasteiger partial charge in [0.15, 0.2) is 5.82 Å². The molecule has 0 radical (unpaired) electrons. The highest BCUT2D eigenvalue weighted by Gasteiger charge is 2.21. The summed E-state index contributed by atoms with van der Waals surface area (Å²) in [6, 6.07) is 6.06. The number of nitrogens with zero attached hydrogens (tertiary/aromatic N) is 3. The van der Waals surface area contributed by atoms with Gasteiger partial charge in [-0.15, -0.1) is 0 Å². The van der Waals surface area contributed by atoms with Crippen molar-refractivity contribution in [3.8, 4) is 6.07 Å². The van der Waals surface area contributed by atoms with E-state index in [2.05, 4.69) is 10.4 Å². The van der Waals surface area contributed by atoms with Gasteiger partial charge in [-0.1, -0.05) is 11.6 Å². The monoisotopic (exact) mass is 383 g/mol. The van der Waals surface area contributed by atoms with Crippen LogP contribution in [-0.4, -0.2) is 35.9 Å². The molecule has 2 amide bonds. The number of hydrogen-bond acceptors (Lipinski definition) is 6. The van der Waals surface area contributed by atoms with Gasteiger partial charge in [-0.25, -0.2) is 22.6 Å². The van der Waals surface area contributed by atoms with Crippen LogP contribution < -0.4 is 10.0 Å². The molecule has 1 aromatic heterocycles. The second-order valence-corrected chi connectivity index (χ2v) is 7.00. The van der Waals surface area contributed by atoms with Crippen molar-refractivity contribution in [2.45, 2.75) is 18.4 Å². The van der Waals surface area contributed by atoms with E-state index in [-0.39, 0.29) is 29.4 Å². The van der Waals surface area contributed by atoms with E-state index in [1.54, 1.807) is 6.92 Å². The number of halogens is 1. The van der Waals surface area contributed by atoms with Crippen LogP contribution in [0.5, 0.6) is 0 Å². The molecule has 1 aromatic carbocycles. The Morgan fingerprint density at radius 2 is 2.04 bits per heavy atom. The van der Waals surface area contributed by atoms with E-state index in [0.717, 1.165) is 0 Å². The summed E-state index contributed by atoms with van der Waals surface area (Å²) in [6.45, 7) is 1.31. The van der Waals surface area contributed by atoms with Crippen molar-refractivity contribution in [3.05, 3.63) is 40.5 Å². The van der Waals surface area contributed by atoms with Crippen LogP contribution in [0.4, 0.5) is 10.6 Å². The molecule has 9 nitrogen and oxygen atoms in total. The summed E-state index contributed by atoms with van der Waals surface area (Å²) in [6.07, 6.45) is 0. The first kappa shape index (κ1) is 18.7. The number of aliphatic hydroxyl groups is 1. The Morgan fingerprint density at radius 3 is 2.60 bits per heavy atom. The Labute approximate surface area is 148 Å². The Balaban J connectivity index is 2.23. The Bertz CT molecular complexity index is 931. The van der Waals surface area contributed by atoms with Gasteiger partial charge in [0.25, 0.3) is 10.0 Å². The van der Waals surface area contributed by atoms with Crippen molar-refractivity contribution in [2.75, 3.05) is 11.9 Å². The number of carbonyl (C=O) groups is 1. The number of rotatable bonds is 5. The number of carbonyl (C=O) groups excluding carboxylic acids is 1. The number of aryl methyl sites for hydroxylation is 1. The van der Waals surface area contributed by atoms with Gasteiger partial charge < -0.3 is 5.11 Å². The molecule has 3 N–H and O–H groups in total. The molecule has 0 unspecified atom stereocenters. The molecule has 132 valence electrons. The van der Waals surface area contributed by atoms with Gasteiger partial charge in [-0.3, -0.25) is 5.32 Å². The normalized spacial score (nSPS) is 11.0. The zero-order valence-corrected chi connectivity index (χ0v) is 14.6. The maximum atomic E-state index is 12.2. The second-order valence-electron chi connectivity index (χ2n) is 4.88. The lowest BCUT2D eigenvalue weighted by atomic mass is 10.2. The van der Waals surface area contributed by atoms with Crippen LogP contribution in [0.3, 0.4) is 0 Å². The number of nitrogens with one attached hydrogen (secondary N) is 2. The van der Waals surface area contributed by atoms with Gasteiger partial charge in [-0.2, -0.15) is 10.4 Å². The standard InChI is InChI=1S/C14H14ClN5O4S/c1-9-12(8-16)13(20(18-9)6-7-21)17-14(22)19-25(23,24)11-4-2-10(15)3-5-11/h2-5,21H,6-7H2,1H3,(H2,17,19,22). The van der Waals surface area contributed by atoms with Crippen LogP contribution in [0.2, 0.25) is 5.02 Å². The summed E-state index contributed by atoms with van der Waals surface area (Å²) in [5, 5.41) is 24.8. The third-order valence-corrected chi connectivity index (χ3v) is 4.73. The fourth-order valence-electron chi connectivity index (χ4n) is 2.03. The molecule has 0 aliphatic carbocycles. The molecule has 0 bridgehead atoms. The zero-order valence-electron chi connectivity index (χ0n) is 13.0. The second kappa shape index (κ2) is 7.52. The molecular formula is C14H14ClN5O4S. The van der Waals surface area contributed by atoms with Gasteiger partial charge >= 0.3 is 6.03 Å². The van der Waals surface area contributed by atoms with Crippen molar-refractivity contribution in [3.63, 3.8) is 0 Å². The maximum absolute atomic E-state index is 12.2. The highest BCUT2D eigenvalue weighted by Crippen LogP contribution is 2.19. The first-order chi connectivity index (χ1) is 11.8. The molecule has 0 spiro atoms. The summed E-state index contributed by atoms with van der Waals surface area (Å²) in [5.41, 5.74) is 0.416. The number of benzene rings is 1. The van der Waals surface area contributed by atoms with Crippen molar-refractivity contribution in [2.24, 2.45) is 0 Å². The van der Waals surface area contributed by atoms with Crippen molar-refractivity contribution >= 4 is 33.5 Å². The van der Waals surface area contributed by atoms with E-state index >= 15 is 0 Å². The van der Waals surface area contributed by atoms with E-state index in [1.165, 1.54) is 28.9 Å². The fraction of sp³-hybridized carbons (Fsp3) is 0.214. The summed E-state index contributed by atoms with van der Waals surface area (Å²) in [4.78, 5) is 11.9. The number of urea groups is 1. The summed E-state index contributed by atoms with van der Waals surface area (Å²) in [5.74, 6) is -0.00199. The molecular weight excluding hydrogens is 370 g/mol. The summed E-state index contributed by atoms with van der Waals surface area (Å²) in [7, 11) is -4.12. The number of hydrogen-bond donors (Lipinski definition) is 3. The van der Waals surface area contributed by atoms with Gasteiger partial charge in [-0.05, 0) is 31.2 Å². The molecule has 0 atom stereocenters. The third-order valence-electron chi connectivity index (χ3n) is 3.13. The van der Waals surface area contributed by atoms with E-state index in [4.69, 9.17) is 22.0 Å². The zero-order chi connectivity index (χ0) is 18.6. The van der Waals surface area contributed by atoms with Crippen LogP contribution in [-0.2, 0) is 16.6 Å². The van der Waals surface area contributed by atoms with Crippen LogP contribution >= 0.6 is 11.6 Å². The van der Waals surface area contributed by atoms with Gasteiger partial charge in [0.2, 0.25) is 0 Å². The van der Waals surface area contributed by atoms with Crippen LogP contribution in [0.1, 0.15) is 11.3 Å². The smallest absolute Gasteiger partial charge is 0.334 e. The average molecular weight is 384 g/mol. The van der Waals surface area contributed by atoms with Gasteiger partial charge in [0, 0.05) is 5.02 Å². The molecule has 0 aliphatic rings. The topological polar surface area (TPSA) is 137 Å². The minimum Gasteiger partial charge on any atom is -0.394 e. The van der Waals surface area contributed by atoms with E-state index in [1.807, 2.05) is 10.8 Å². The Hall–Kier alpha value is -2.61. The number of sulfonamides is 1. The highest BCUT2D eigenvalue weighted by molar-refractivity contribution is 7.90. The molecule has 0 saturated carbocycles.